The second-order valence-electron chi connectivity index (χ2n) is 3.94. The van der Waals surface area contributed by atoms with E-state index in [1.165, 1.54) is 0 Å². The van der Waals surface area contributed by atoms with Crippen LogP contribution in [0.5, 0.6) is 0 Å². The first-order valence-electron chi connectivity index (χ1n) is 5.24. The van der Waals surface area contributed by atoms with Crippen molar-refractivity contribution in [1.82, 2.24) is 4.72 Å². The summed E-state index contributed by atoms with van der Waals surface area (Å²) < 4.78 is 31.9. The maximum Gasteiger partial charge on any atom is 0.221 e. The third kappa shape index (κ3) is 2.42. The predicted octanol–water partition coefficient (Wildman–Crippen LogP) is 1.07. The van der Waals surface area contributed by atoms with E-state index in [0.717, 1.165) is 5.56 Å². The van der Waals surface area contributed by atoms with Crippen LogP contribution in [0.1, 0.15) is 17.7 Å². The molecule has 1 N–H and O–H groups in total. The SMILES string of the molecule is C[C@@H]1CNS(=O)(=O)C(c2ccccc2)CO1. The molecule has 1 aromatic carbocycles. The van der Waals surface area contributed by atoms with Gasteiger partial charge in [0.05, 0.1) is 12.7 Å². The topological polar surface area (TPSA) is 55.4 Å². The zero-order valence-corrected chi connectivity index (χ0v) is 9.91. The highest BCUT2D eigenvalue weighted by Gasteiger charge is 2.30. The highest BCUT2D eigenvalue weighted by molar-refractivity contribution is 7.89. The van der Waals surface area contributed by atoms with Gasteiger partial charge in [0, 0.05) is 6.54 Å². The minimum atomic E-state index is -3.32. The van der Waals surface area contributed by atoms with E-state index in [1.807, 2.05) is 37.3 Å². The van der Waals surface area contributed by atoms with Crippen molar-refractivity contribution in [2.24, 2.45) is 0 Å². The van der Waals surface area contributed by atoms with Crippen LogP contribution in [0.3, 0.4) is 0 Å². The molecule has 1 unspecified atom stereocenters. The third-order valence-electron chi connectivity index (χ3n) is 2.65. The molecule has 0 bridgehead atoms. The smallest absolute Gasteiger partial charge is 0.221 e. The normalized spacial score (nSPS) is 29.6. The van der Waals surface area contributed by atoms with Crippen molar-refractivity contribution < 1.29 is 13.2 Å². The molecule has 0 amide bonds. The minimum absolute atomic E-state index is 0.0801. The fraction of sp³-hybridized carbons (Fsp3) is 0.455. The van der Waals surface area contributed by atoms with Crippen molar-refractivity contribution >= 4 is 10.0 Å². The average molecular weight is 241 g/mol. The summed E-state index contributed by atoms with van der Waals surface area (Å²) in [4.78, 5) is 0. The standard InChI is InChI=1S/C11H15NO3S/c1-9-7-12-16(13,14)11(8-15-9)10-5-3-2-4-6-10/h2-6,9,11-12H,7-8H2,1H3/t9-,11?/m1/s1. The van der Waals surface area contributed by atoms with E-state index in [1.54, 1.807) is 0 Å². The monoisotopic (exact) mass is 241 g/mol. The second-order valence-corrected chi connectivity index (χ2v) is 5.88. The summed E-state index contributed by atoms with van der Waals surface area (Å²) in [5.41, 5.74) is 0.768. The Kier molecular flexibility index (Phi) is 3.28. The van der Waals surface area contributed by atoms with Crippen LogP contribution in [0.2, 0.25) is 0 Å². The van der Waals surface area contributed by atoms with E-state index in [-0.39, 0.29) is 12.7 Å². The molecule has 5 heteroatoms. The van der Waals surface area contributed by atoms with Crippen molar-refractivity contribution in [3.05, 3.63) is 35.9 Å². The Morgan fingerprint density at radius 1 is 1.31 bits per heavy atom. The quantitative estimate of drug-likeness (QED) is 0.800. The molecular weight excluding hydrogens is 226 g/mol. The van der Waals surface area contributed by atoms with Gasteiger partial charge < -0.3 is 4.74 Å². The summed E-state index contributed by atoms with van der Waals surface area (Å²) in [5, 5.41) is -0.612. The first kappa shape index (κ1) is 11.6. The molecule has 0 aliphatic carbocycles. The van der Waals surface area contributed by atoms with Crippen LogP contribution in [0.15, 0.2) is 30.3 Å². The van der Waals surface area contributed by atoms with E-state index in [2.05, 4.69) is 4.72 Å². The van der Waals surface area contributed by atoms with Crippen LogP contribution in [-0.2, 0) is 14.8 Å². The zero-order valence-electron chi connectivity index (χ0n) is 9.09. The van der Waals surface area contributed by atoms with Crippen molar-refractivity contribution in [2.75, 3.05) is 13.2 Å². The molecule has 1 aromatic rings. The van der Waals surface area contributed by atoms with Crippen molar-refractivity contribution in [2.45, 2.75) is 18.3 Å². The lowest BCUT2D eigenvalue weighted by Crippen LogP contribution is -2.30. The summed E-state index contributed by atoms with van der Waals surface area (Å²) in [6.07, 6.45) is -0.0801. The average Bonchev–Trinajstić information content (AvgIpc) is 2.40. The van der Waals surface area contributed by atoms with E-state index in [0.29, 0.717) is 6.54 Å². The summed E-state index contributed by atoms with van der Waals surface area (Å²) in [6.45, 7) is 2.40. The van der Waals surface area contributed by atoms with Crippen LogP contribution in [0.25, 0.3) is 0 Å². The lowest BCUT2D eigenvalue weighted by molar-refractivity contribution is 0.0752. The maximum absolute atomic E-state index is 12.0. The van der Waals surface area contributed by atoms with Gasteiger partial charge in [-0.25, -0.2) is 13.1 Å². The fourth-order valence-electron chi connectivity index (χ4n) is 1.68. The summed E-state index contributed by atoms with van der Waals surface area (Å²) >= 11 is 0. The molecule has 4 nitrogen and oxygen atoms in total. The summed E-state index contributed by atoms with van der Waals surface area (Å²) in [7, 11) is -3.32. The Bertz CT molecular complexity index is 444. The van der Waals surface area contributed by atoms with Crippen molar-refractivity contribution in [3.63, 3.8) is 0 Å². The van der Waals surface area contributed by atoms with Crippen molar-refractivity contribution in [3.8, 4) is 0 Å². The number of benzene rings is 1. The molecule has 0 spiro atoms. The van der Waals surface area contributed by atoms with E-state index in [9.17, 15) is 8.42 Å². The van der Waals surface area contributed by atoms with Crippen LogP contribution in [0, 0.1) is 0 Å². The van der Waals surface area contributed by atoms with Gasteiger partial charge in [-0.3, -0.25) is 0 Å². The van der Waals surface area contributed by atoms with Gasteiger partial charge in [-0.2, -0.15) is 0 Å². The van der Waals surface area contributed by atoms with Gasteiger partial charge in [0.15, 0.2) is 0 Å². The Labute approximate surface area is 95.7 Å². The van der Waals surface area contributed by atoms with Gasteiger partial charge in [0.1, 0.15) is 5.25 Å². The Balaban J connectivity index is 2.32. The number of hydrogen-bond donors (Lipinski definition) is 1. The third-order valence-corrected chi connectivity index (χ3v) is 4.38. The molecular formula is C11H15NO3S. The Morgan fingerprint density at radius 3 is 2.69 bits per heavy atom. The molecule has 1 aliphatic heterocycles. The molecule has 1 heterocycles. The number of sulfonamides is 1. The molecule has 0 aromatic heterocycles. The van der Waals surface area contributed by atoms with Crippen LogP contribution in [0.4, 0.5) is 0 Å². The molecule has 0 saturated carbocycles. The summed E-state index contributed by atoms with van der Waals surface area (Å²) in [6, 6.07) is 9.15. The van der Waals surface area contributed by atoms with Gasteiger partial charge in [0.2, 0.25) is 10.0 Å². The van der Waals surface area contributed by atoms with E-state index < -0.39 is 15.3 Å². The highest BCUT2D eigenvalue weighted by Crippen LogP contribution is 2.24. The number of nitrogens with one attached hydrogen (secondary N) is 1. The lowest BCUT2D eigenvalue weighted by atomic mass is 10.1. The molecule has 1 fully saturated rings. The first-order chi connectivity index (χ1) is 7.59. The molecule has 1 saturated heterocycles. The van der Waals surface area contributed by atoms with Gasteiger partial charge in [0.25, 0.3) is 0 Å². The van der Waals surface area contributed by atoms with Gasteiger partial charge in [-0.05, 0) is 12.5 Å². The van der Waals surface area contributed by atoms with Gasteiger partial charge in [-0.15, -0.1) is 0 Å². The van der Waals surface area contributed by atoms with Crippen molar-refractivity contribution in [1.29, 1.82) is 0 Å². The molecule has 0 radical (unpaired) electrons. The zero-order chi connectivity index (χ0) is 11.6. The molecule has 2 atom stereocenters. The van der Waals surface area contributed by atoms with Gasteiger partial charge >= 0.3 is 0 Å². The largest absolute Gasteiger partial charge is 0.375 e. The van der Waals surface area contributed by atoms with E-state index >= 15 is 0 Å². The highest BCUT2D eigenvalue weighted by atomic mass is 32.2. The second kappa shape index (κ2) is 4.53. The van der Waals surface area contributed by atoms with Crippen LogP contribution >= 0.6 is 0 Å². The Morgan fingerprint density at radius 2 is 2.00 bits per heavy atom. The van der Waals surface area contributed by atoms with Crippen LogP contribution < -0.4 is 4.72 Å². The first-order valence-corrected chi connectivity index (χ1v) is 6.79. The number of rotatable bonds is 1. The molecule has 2 rings (SSSR count). The predicted molar refractivity (Wildman–Crippen MR) is 61.5 cm³/mol. The Hall–Kier alpha value is -0.910. The fourth-order valence-corrected chi connectivity index (χ4v) is 3.12. The van der Waals surface area contributed by atoms with Crippen LogP contribution in [-0.4, -0.2) is 27.7 Å². The molecule has 88 valence electrons. The summed E-state index contributed by atoms with van der Waals surface area (Å²) in [5.74, 6) is 0. The number of hydrogen-bond acceptors (Lipinski definition) is 3. The molecule has 16 heavy (non-hydrogen) atoms. The number of ether oxygens (including phenoxy) is 1. The lowest BCUT2D eigenvalue weighted by Gasteiger charge is -2.14. The maximum atomic E-state index is 12.0. The van der Waals surface area contributed by atoms with E-state index in [4.69, 9.17) is 4.74 Å². The van der Waals surface area contributed by atoms with Gasteiger partial charge in [-0.1, -0.05) is 30.3 Å². The minimum Gasteiger partial charge on any atom is -0.375 e. The molecule has 1 aliphatic rings.